The van der Waals surface area contributed by atoms with Gasteiger partial charge in [-0.2, -0.15) is 0 Å². The molecular weight excluding hydrogens is 383 g/mol. The van der Waals surface area contributed by atoms with E-state index < -0.39 is 0 Å². The summed E-state index contributed by atoms with van der Waals surface area (Å²) in [6.45, 7) is 4.10. The lowest BCUT2D eigenvalue weighted by molar-refractivity contribution is 0.395. The number of halogens is 1. The van der Waals surface area contributed by atoms with E-state index in [4.69, 9.17) is 26.1 Å². The van der Waals surface area contributed by atoms with Gasteiger partial charge in [-0.1, -0.05) is 21.0 Å². The molecule has 0 N–H and O–H groups in total. The molecular formula is C19H22ClN4O2P. The number of imidazole rings is 1. The number of pyridine rings is 1. The lowest BCUT2D eigenvalue weighted by atomic mass is 10.1. The molecule has 1 unspecified atom stereocenters. The van der Waals surface area contributed by atoms with Crippen LogP contribution in [-0.2, 0) is 0 Å². The minimum atomic E-state index is 0.529. The number of rotatable bonds is 4. The van der Waals surface area contributed by atoms with E-state index in [0.29, 0.717) is 16.5 Å². The molecule has 0 radical (unpaired) electrons. The van der Waals surface area contributed by atoms with Gasteiger partial charge in [0.2, 0.25) is 0 Å². The van der Waals surface area contributed by atoms with E-state index in [1.807, 2.05) is 22.9 Å². The molecule has 1 atom stereocenters. The Bertz CT molecular complexity index is 970. The molecule has 1 saturated heterocycles. The molecule has 3 heterocycles. The van der Waals surface area contributed by atoms with Gasteiger partial charge in [-0.25, -0.2) is 4.98 Å². The van der Waals surface area contributed by atoms with Crippen LogP contribution in [0, 0.1) is 0 Å². The van der Waals surface area contributed by atoms with E-state index in [1.54, 1.807) is 20.3 Å². The number of anilines is 1. The second kappa shape index (κ2) is 7.55. The SMILES string of the molecule is COc1cc(OC)c(-c2cn3ccc(N4CCN(P)CC4)cc3n2)cc1Cl. The molecule has 4 rings (SSSR count). The first-order chi connectivity index (χ1) is 13.1. The summed E-state index contributed by atoms with van der Waals surface area (Å²) in [7, 11) is 5.99. The first kappa shape index (κ1) is 18.4. The summed E-state index contributed by atoms with van der Waals surface area (Å²) in [5.41, 5.74) is 3.73. The molecule has 0 bridgehead atoms. The fourth-order valence-electron chi connectivity index (χ4n) is 3.34. The Morgan fingerprint density at radius 1 is 1.04 bits per heavy atom. The van der Waals surface area contributed by atoms with Crippen LogP contribution < -0.4 is 14.4 Å². The van der Waals surface area contributed by atoms with Gasteiger partial charge in [0.05, 0.1) is 24.9 Å². The topological polar surface area (TPSA) is 42.2 Å². The summed E-state index contributed by atoms with van der Waals surface area (Å²) < 4.78 is 15.1. The van der Waals surface area contributed by atoms with Gasteiger partial charge in [0.15, 0.2) is 0 Å². The van der Waals surface area contributed by atoms with Crippen molar-refractivity contribution in [2.24, 2.45) is 0 Å². The van der Waals surface area contributed by atoms with Crippen LogP contribution in [0.25, 0.3) is 16.9 Å². The van der Waals surface area contributed by atoms with Crippen molar-refractivity contribution in [2.45, 2.75) is 0 Å². The van der Waals surface area contributed by atoms with Crippen molar-refractivity contribution >= 4 is 32.3 Å². The predicted molar refractivity (Wildman–Crippen MR) is 112 cm³/mol. The highest BCUT2D eigenvalue weighted by Crippen LogP contribution is 2.38. The van der Waals surface area contributed by atoms with Crippen LogP contribution in [0.1, 0.15) is 0 Å². The summed E-state index contributed by atoms with van der Waals surface area (Å²) in [5.74, 6) is 1.26. The zero-order chi connectivity index (χ0) is 19.0. The molecule has 1 aromatic carbocycles. The van der Waals surface area contributed by atoms with E-state index in [2.05, 4.69) is 31.1 Å². The average molecular weight is 405 g/mol. The minimum Gasteiger partial charge on any atom is -0.496 e. The van der Waals surface area contributed by atoms with Crippen LogP contribution in [0.4, 0.5) is 5.69 Å². The quantitative estimate of drug-likeness (QED) is 0.622. The molecule has 1 fully saturated rings. The summed E-state index contributed by atoms with van der Waals surface area (Å²) in [6, 6.07) is 7.88. The number of hydrogen-bond acceptors (Lipinski definition) is 5. The van der Waals surface area contributed by atoms with Crippen LogP contribution in [0.5, 0.6) is 11.5 Å². The van der Waals surface area contributed by atoms with Gasteiger partial charge in [0.1, 0.15) is 17.1 Å². The number of hydrogen-bond donors (Lipinski definition) is 0. The highest BCUT2D eigenvalue weighted by Gasteiger charge is 2.17. The smallest absolute Gasteiger partial charge is 0.141 e. The Labute approximate surface area is 165 Å². The molecule has 0 amide bonds. The first-order valence-corrected chi connectivity index (χ1v) is 9.63. The van der Waals surface area contributed by atoms with Gasteiger partial charge in [-0.3, -0.25) is 4.67 Å². The third-order valence-corrected chi connectivity index (χ3v) is 5.68. The number of fused-ring (bicyclic) bond motifs is 1. The Hall–Kier alpha value is -2.01. The van der Waals surface area contributed by atoms with E-state index in [-0.39, 0.29) is 0 Å². The fraction of sp³-hybridized carbons (Fsp3) is 0.316. The normalized spacial score (nSPS) is 15.3. The maximum absolute atomic E-state index is 6.32. The molecule has 0 aliphatic carbocycles. The summed E-state index contributed by atoms with van der Waals surface area (Å²) in [5, 5.41) is 0.529. The minimum absolute atomic E-state index is 0.529. The zero-order valence-electron chi connectivity index (χ0n) is 15.4. The Morgan fingerprint density at radius 2 is 1.78 bits per heavy atom. The standard InChI is InChI=1S/C19H22ClN4O2P/c1-25-17-11-18(26-2)15(20)10-14(17)16-12-23-4-3-13(9-19(23)21-16)22-5-7-24(27)8-6-22/h3-4,9-12H,5-8,27H2,1-2H3. The third-order valence-electron chi connectivity index (χ3n) is 4.87. The fourth-order valence-corrected chi connectivity index (χ4v) is 3.81. The van der Waals surface area contributed by atoms with Crippen molar-refractivity contribution in [1.29, 1.82) is 0 Å². The van der Waals surface area contributed by atoms with Gasteiger partial charge in [-0.05, 0) is 12.1 Å². The number of aromatic nitrogens is 2. The lowest BCUT2D eigenvalue weighted by Gasteiger charge is -2.33. The Morgan fingerprint density at radius 3 is 2.48 bits per heavy atom. The summed E-state index contributed by atoms with van der Waals surface area (Å²) in [6.07, 6.45) is 4.03. The molecule has 142 valence electrons. The molecule has 0 spiro atoms. The molecule has 1 aliphatic heterocycles. The highest BCUT2D eigenvalue weighted by molar-refractivity contribution is 7.13. The van der Waals surface area contributed by atoms with E-state index >= 15 is 0 Å². The molecule has 8 heteroatoms. The van der Waals surface area contributed by atoms with Gasteiger partial charge < -0.3 is 18.8 Å². The number of ether oxygens (including phenoxy) is 2. The summed E-state index contributed by atoms with van der Waals surface area (Å²) in [4.78, 5) is 7.19. The van der Waals surface area contributed by atoms with Gasteiger partial charge >= 0.3 is 0 Å². The molecule has 6 nitrogen and oxygen atoms in total. The van der Waals surface area contributed by atoms with Gasteiger partial charge in [-0.15, -0.1) is 0 Å². The van der Waals surface area contributed by atoms with Crippen LogP contribution in [0.2, 0.25) is 5.02 Å². The average Bonchev–Trinajstić information content (AvgIpc) is 3.11. The molecule has 0 saturated carbocycles. The maximum atomic E-state index is 6.32. The molecule has 1 aliphatic rings. The highest BCUT2D eigenvalue weighted by atomic mass is 35.5. The largest absolute Gasteiger partial charge is 0.496 e. The van der Waals surface area contributed by atoms with Crippen molar-refractivity contribution in [2.75, 3.05) is 45.3 Å². The number of methoxy groups -OCH3 is 2. The van der Waals surface area contributed by atoms with Crippen LogP contribution in [0.15, 0.2) is 36.7 Å². The predicted octanol–water partition coefficient (Wildman–Crippen LogP) is 3.58. The Kier molecular flexibility index (Phi) is 5.13. The number of nitrogens with zero attached hydrogens (tertiary/aromatic N) is 4. The molecule has 2 aromatic heterocycles. The second-order valence-corrected chi connectivity index (χ2v) is 7.62. The molecule has 3 aromatic rings. The maximum Gasteiger partial charge on any atom is 0.141 e. The van der Waals surface area contributed by atoms with Gasteiger partial charge in [0.25, 0.3) is 0 Å². The Balaban J connectivity index is 1.71. The zero-order valence-corrected chi connectivity index (χ0v) is 17.3. The van der Waals surface area contributed by atoms with Crippen LogP contribution in [0.3, 0.4) is 0 Å². The molecule has 27 heavy (non-hydrogen) atoms. The van der Waals surface area contributed by atoms with Crippen molar-refractivity contribution in [3.05, 3.63) is 41.7 Å². The lowest BCUT2D eigenvalue weighted by Crippen LogP contribution is -2.42. The summed E-state index contributed by atoms with van der Waals surface area (Å²) >= 11 is 6.32. The second-order valence-electron chi connectivity index (χ2n) is 6.49. The number of benzene rings is 1. The van der Waals surface area contributed by atoms with E-state index in [1.165, 1.54) is 5.69 Å². The third kappa shape index (κ3) is 3.57. The number of piperazine rings is 1. The van der Waals surface area contributed by atoms with Crippen LogP contribution in [-0.4, -0.2) is 54.5 Å². The van der Waals surface area contributed by atoms with Crippen molar-refractivity contribution in [3.63, 3.8) is 0 Å². The van der Waals surface area contributed by atoms with E-state index in [0.717, 1.165) is 43.1 Å². The van der Waals surface area contributed by atoms with Crippen molar-refractivity contribution in [3.8, 4) is 22.8 Å². The monoisotopic (exact) mass is 404 g/mol. The van der Waals surface area contributed by atoms with Crippen molar-refractivity contribution in [1.82, 2.24) is 14.1 Å². The van der Waals surface area contributed by atoms with Crippen molar-refractivity contribution < 1.29 is 9.47 Å². The first-order valence-electron chi connectivity index (χ1n) is 8.74. The van der Waals surface area contributed by atoms with E-state index in [9.17, 15) is 0 Å². The van der Waals surface area contributed by atoms with Crippen LogP contribution >= 0.6 is 21.0 Å². The van der Waals surface area contributed by atoms with Gasteiger partial charge in [0, 0.05) is 62.0 Å².